The molecule has 148 valence electrons. The summed E-state index contributed by atoms with van der Waals surface area (Å²) in [5.74, 6) is -0.0549. The zero-order valence-electron chi connectivity index (χ0n) is 16.2. The predicted octanol–water partition coefficient (Wildman–Crippen LogP) is 2.56. The fourth-order valence-electron chi connectivity index (χ4n) is 3.77. The largest absolute Gasteiger partial charge is 0.395 e. The van der Waals surface area contributed by atoms with Crippen LogP contribution in [0.3, 0.4) is 0 Å². The minimum Gasteiger partial charge on any atom is -0.395 e. The molecule has 1 saturated heterocycles. The number of halogens is 1. The third-order valence-electron chi connectivity index (χ3n) is 5.51. The topological polar surface area (TPSA) is 81.3 Å². The molecule has 2 N–H and O–H groups in total. The predicted molar refractivity (Wildman–Crippen MR) is 104 cm³/mol. The number of rotatable bonds is 6. The van der Waals surface area contributed by atoms with E-state index in [1.54, 1.807) is 12.1 Å². The Labute approximate surface area is 164 Å². The highest BCUT2D eigenvalue weighted by molar-refractivity contribution is 5.93. The molecular weight excluding hydrogens is 359 g/mol. The number of nitrogens with one attached hydrogen (secondary N) is 1. The van der Waals surface area contributed by atoms with Crippen LogP contribution < -0.4 is 5.32 Å². The number of aliphatic hydroxyl groups excluding tert-OH is 1. The Hall–Kier alpha value is -2.69. The highest BCUT2D eigenvalue weighted by atomic mass is 19.1. The second-order valence-corrected chi connectivity index (χ2v) is 7.26. The zero-order valence-corrected chi connectivity index (χ0v) is 16.2. The number of hydrogen-bond donors (Lipinski definition) is 2. The Morgan fingerprint density at radius 1 is 1.36 bits per heavy atom. The van der Waals surface area contributed by atoms with Crippen LogP contribution in [0.15, 0.2) is 24.3 Å². The molecule has 3 rings (SSSR count). The molecule has 0 saturated carbocycles. The molecule has 28 heavy (non-hydrogen) atoms. The summed E-state index contributed by atoms with van der Waals surface area (Å²) in [4.78, 5) is 14.6. The standard InChI is InChI=1S/C21H25FN4O2/c1-14-15(2)26(11-16-5-7-17(22)8-6-16)21(19(14)10-23)24-20(28)12-25-9-3-4-18(25)13-27/h5-8,18,27H,3-4,9,11-13H2,1-2H3,(H,24,28)/t18-/m0/s1. The molecule has 0 aliphatic carbocycles. The number of likely N-dealkylation sites (tertiary alicyclic amines) is 1. The summed E-state index contributed by atoms with van der Waals surface area (Å²) in [6.45, 7) is 5.17. The summed E-state index contributed by atoms with van der Waals surface area (Å²) in [6.07, 6.45) is 1.84. The molecule has 6 nitrogen and oxygen atoms in total. The average Bonchev–Trinajstić information content (AvgIpc) is 3.21. The van der Waals surface area contributed by atoms with E-state index in [1.807, 2.05) is 23.3 Å². The first-order valence-electron chi connectivity index (χ1n) is 9.43. The van der Waals surface area contributed by atoms with Gasteiger partial charge in [-0.3, -0.25) is 9.69 Å². The Morgan fingerprint density at radius 2 is 2.07 bits per heavy atom. The summed E-state index contributed by atoms with van der Waals surface area (Å²) in [5, 5.41) is 21.9. The maximum atomic E-state index is 13.2. The minimum absolute atomic E-state index is 0.00987. The van der Waals surface area contributed by atoms with Crippen molar-refractivity contribution in [2.45, 2.75) is 39.3 Å². The zero-order chi connectivity index (χ0) is 20.3. The van der Waals surface area contributed by atoms with Crippen molar-refractivity contribution in [3.63, 3.8) is 0 Å². The number of nitrogens with zero attached hydrogens (tertiary/aromatic N) is 3. The van der Waals surface area contributed by atoms with Crippen molar-refractivity contribution < 1.29 is 14.3 Å². The van der Waals surface area contributed by atoms with Crippen LogP contribution in [0.5, 0.6) is 0 Å². The lowest BCUT2D eigenvalue weighted by Crippen LogP contribution is -2.38. The second kappa shape index (κ2) is 8.55. The fourth-order valence-corrected chi connectivity index (χ4v) is 3.77. The minimum atomic E-state index is -0.306. The SMILES string of the molecule is Cc1c(C#N)c(NC(=O)CN2CCC[C@H]2CO)n(Cc2ccc(F)cc2)c1C. The highest BCUT2D eigenvalue weighted by Gasteiger charge is 2.27. The molecule has 2 heterocycles. The molecule has 1 aromatic heterocycles. The van der Waals surface area contributed by atoms with Gasteiger partial charge in [0.05, 0.1) is 18.7 Å². The normalized spacial score (nSPS) is 16.9. The number of anilines is 1. The molecule has 7 heteroatoms. The first kappa shape index (κ1) is 20.1. The van der Waals surface area contributed by atoms with Crippen LogP contribution in [0.4, 0.5) is 10.2 Å². The van der Waals surface area contributed by atoms with Crippen LogP contribution in [0.1, 0.15) is 35.2 Å². The fraction of sp³-hybridized carbons (Fsp3) is 0.429. The molecule has 1 aliphatic rings. The first-order chi connectivity index (χ1) is 13.4. The second-order valence-electron chi connectivity index (χ2n) is 7.26. The van der Waals surface area contributed by atoms with E-state index in [1.165, 1.54) is 12.1 Å². The molecule has 1 aromatic carbocycles. The molecule has 0 radical (unpaired) electrons. The van der Waals surface area contributed by atoms with E-state index < -0.39 is 0 Å². The van der Waals surface area contributed by atoms with Gasteiger partial charge in [-0.1, -0.05) is 12.1 Å². The van der Waals surface area contributed by atoms with Gasteiger partial charge in [-0.15, -0.1) is 0 Å². The van der Waals surface area contributed by atoms with E-state index in [9.17, 15) is 19.6 Å². The van der Waals surface area contributed by atoms with Crippen molar-refractivity contribution in [2.75, 3.05) is 25.0 Å². The maximum Gasteiger partial charge on any atom is 0.239 e. The summed E-state index contributed by atoms with van der Waals surface area (Å²) in [7, 11) is 0. The number of carbonyl (C=O) groups is 1. The van der Waals surface area contributed by atoms with Crippen molar-refractivity contribution >= 4 is 11.7 Å². The Morgan fingerprint density at radius 3 is 2.71 bits per heavy atom. The summed E-state index contributed by atoms with van der Waals surface area (Å²) in [5.41, 5.74) is 3.01. The lowest BCUT2D eigenvalue weighted by Gasteiger charge is -2.22. The van der Waals surface area contributed by atoms with Crippen LogP contribution in [-0.2, 0) is 11.3 Å². The van der Waals surface area contributed by atoms with E-state index >= 15 is 0 Å². The quantitative estimate of drug-likeness (QED) is 0.802. The van der Waals surface area contributed by atoms with Gasteiger partial charge in [0.2, 0.25) is 5.91 Å². The monoisotopic (exact) mass is 384 g/mol. The highest BCUT2D eigenvalue weighted by Crippen LogP contribution is 2.27. The molecule has 2 aromatic rings. The van der Waals surface area contributed by atoms with Gasteiger partial charge in [-0.25, -0.2) is 4.39 Å². The Kier molecular flexibility index (Phi) is 6.12. The lowest BCUT2D eigenvalue weighted by atomic mass is 10.2. The van der Waals surface area contributed by atoms with Gasteiger partial charge < -0.3 is 15.0 Å². The van der Waals surface area contributed by atoms with E-state index in [0.717, 1.165) is 36.2 Å². The van der Waals surface area contributed by atoms with Crippen molar-refractivity contribution in [3.8, 4) is 6.07 Å². The molecule has 0 bridgehead atoms. The van der Waals surface area contributed by atoms with Crippen molar-refractivity contribution in [1.29, 1.82) is 5.26 Å². The smallest absolute Gasteiger partial charge is 0.239 e. The summed E-state index contributed by atoms with van der Waals surface area (Å²) >= 11 is 0. The summed E-state index contributed by atoms with van der Waals surface area (Å²) in [6, 6.07) is 8.38. The molecule has 1 fully saturated rings. The molecule has 1 amide bonds. The van der Waals surface area contributed by atoms with E-state index in [-0.39, 0.29) is 30.9 Å². The van der Waals surface area contributed by atoms with Crippen LogP contribution in [0.2, 0.25) is 0 Å². The van der Waals surface area contributed by atoms with Gasteiger partial charge in [0.1, 0.15) is 17.7 Å². The molecular formula is C21H25FN4O2. The number of hydrogen-bond acceptors (Lipinski definition) is 4. The van der Waals surface area contributed by atoms with Gasteiger partial charge >= 0.3 is 0 Å². The average molecular weight is 384 g/mol. The Bertz CT molecular complexity index is 899. The van der Waals surface area contributed by atoms with Crippen molar-refractivity contribution in [1.82, 2.24) is 9.47 Å². The molecule has 0 spiro atoms. The third-order valence-corrected chi connectivity index (χ3v) is 5.51. The molecule has 0 unspecified atom stereocenters. The van der Waals surface area contributed by atoms with Crippen LogP contribution in [0.25, 0.3) is 0 Å². The van der Waals surface area contributed by atoms with Crippen LogP contribution in [-0.4, -0.2) is 46.2 Å². The number of aromatic nitrogens is 1. The first-order valence-corrected chi connectivity index (χ1v) is 9.43. The number of aliphatic hydroxyl groups is 1. The van der Waals surface area contributed by atoms with Gasteiger partial charge in [0.25, 0.3) is 0 Å². The maximum absolute atomic E-state index is 13.2. The Balaban J connectivity index is 1.84. The van der Waals surface area contributed by atoms with Crippen molar-refractivity contribution in [3.05, 3.63) is 52.5 Å². The van der Waals surface area contributed by atoms with E-state index in [2.05, 4.69) is 11.4 Å². The molecule has 1 atom stereocenters. The van der Waals surface area contributed by atoms with Gasteiger partial charge in [0, 0.05) is 18.3 Å². The van der Waals surface area contributed by atoms with Gasteiger partial charge in [0.15, 0.2) is 0 Å². The van der Waals surface area contributed by atoms with E-state index in [4.69, 9.17) is 0 Å². The van der Waals surface area contributed by atoms with Crippen LogP contribution >= 0.6 is 0 Å². The number of amides is 1. The van der Waals surface area contributed by atoms with Gasteiger partial charge in [-0.05, 0) is 56.5 Å². The van der Waals surface area contributed by atoms with Gasteiger partial charge in [-0.2, -0.15) is 5.26 Å². The number of carbonyl (C=O) groups excluding carboxylic acids is 1. The van der Waals surface area contributed by atoms with Crippen LogP contribution in [0, 0.1) is 31.0 Å². The molecule has 1 aliphatic heterocycles. The number of nitriles is 1. The van der Waals surface area contributed by atoms with Crippen molar-refractivity contribution in [2.24, 2.45) is 0 Å². The summed E-state index contributed by atoms with van der Waals surface area (Å²) < 4.78 is 15.1. The lowest BCUT2D eigenvalue weighted by molar-refractivity contribution is -0.117. The third kappa shape index (κ3) is 4.08. The van der Waals surface area contributed by atoms with E-state index in [0.29, 0.717) is 17.9 Å². The number of benzene rings is 1.